The van der Waals surface area contributed by atoms with Crippen LogP contribution in [0.4, 0.5) is 5.69 Å². The van der Waals surface area contributed by atoms with Crippen molar-refractivity contribution in [1.29, 1.82) is 0 Å². The van der Waals surface area contributed by atoms with E-state index < -0.39 is 0 Å². The number of halogens is 2. The summed E-state index contributed by atoms with van der Waals surface area (Å²) in [5.74, 6) is 0. The third kappa shape index (κ3) is 3.16. The Morgan fingerprint density at radius 2 is 1.67 bits per heavy atom. The lowest BCUT2D eigenvalue weighted by Crippen LogP contribution is -2.20. The van der Waals surface area contributed by atoms with Gasteiger partial charge in [0, 0.05) is 11.6 Å². The quantitative estimate of drug-likeness (QED) is 0.885. The lowest BCUT2D eigenvalue weighted by atomic mass is 10.1. The average molecular weight is 281 g/mol. The Labute approximate surface area is 117 Å². The predicted octanol–water partition coefficient (Wildman–Crippen LogP) is 4.11. The lowest BCUT2D eigenvalue weighted by Gasteiger charge is -2.19. The molecule has 18 heavy (non-hydrogen) atoms. The summed E-state index contributed by atoms with van der Waals surface area (Å²) in [5, 5.41) is 4.73. The van der Waals surface area contributed by atoms with Crippen LogP contribution in [0.5, 0.6) is 0 Å². The van der Waals surface area contributed by atoms with Gasteiger partial charge in [0.05, 0.1) is 16.8 Å². The van der Waals surface area contributed by atoms with Crippen molar-refractivity contribution in [2.45, 2.75) is 6.04 Å². The number of rotatable bonds is 4. The second-order valence-corrected chi connectivity index (χ2v) is 4.81. The highest BCUT2D eigenvalue weighted by Gasteiger charge is 2.10. The fourth-order valence-electron chi connectivity index (χ4n) is 1.74. The van der Waals surface area contributed by atoms with E-state index in [9.17, 15) is 0 Å². The van der Waals surface area contributed by atoms with Crippen molar-refractivity contribution in [3.8, 4) is 0 Å². The van der Waals surface area contributed by atoms with E-state index in [-0.39, 0.29) is 6.04 Å². The number of nitrogens with one attached hydrogen (secondary N) is 1. The summed E-state index contributed by atoms with van der Waals surface area (Å²) in [4.78, 5) is 0. The first kappa shape index (κ1) is 13.2. The van der Waals surface area contributed by atoms with Crippen molar-refractivity contribution >= 4 is 28.9 Å². The Balaban J connectivity index is 2.20. The molecule has 4 heteroatoms. The number of hydrogen-bond acceptors (Lipinski definition) is 2. The van der Waals surface area contributed by atoms with Gasteiger partial charge in [-0.3, -0.25) is 0 Å². The molecule has 2 aromatic carbocycles. The van der Waals surface area contributed by atoms with Gasteiger partial charge < -0.3 is 11.1 Å². The Hall–Kier alpha value is -1.22. The molecule has 0 fully saturated rings. The van der Waals surface area contributed by atoms with E-state index in [4.69, 9.17) is 28.9 Å². The van der Waals surface area contributed by atoms with Crippen LogP contribution in [0.15, 0.2) is 48.5 Å². The molecule has 0 aromatic heterocycles. The second-order valence-electron chi connectivity index (χ2n) is 3.96. The molecule has 2 rings (SSSR count). The van der Waals surface area contributed by atoms with Gasteiger partial charge in [0.2, 0.25) is 0 Å². The minimum Gasteiger partial charge on any atom is -0.376 e. The highest BCUT2D eigenvalue weighted by Crippen LogP contribution is 2.26. The summed E-state index contributed by atoms with van der Waals surface area (Å²) < 4.78 is 0. The molecule has 3 N–H and O–H groups in total. The zero-order valence-electron chi connectivity index (χ0n) is 9.74. The number of nitrogens with two attached hydrogens (primary N) is 1. The summed E-state index contributed by atoms with van der Waals surface area (Å²) in [6.45, 7) is 0.479. The molecule has 2 aromatic rings. The van der Waals surface area contributed by atoms with Crippen molar-refractivity contribution in [3.63, 3.8) is 0 Å². The molecule has 0 aliphatic rings. The molecule has 0 saturated carbocycles. The fraction of sp³-hybridized carbons (Fsp3) is 0.143. The van der Waals surface area contributed by atoms with E-state index >= 15 is 0 Å². The van der Waals surface area contributed by atoms with Crippen molar-refractivity contribution < 1.29 is 0 Å². The highest BCUT2D eigenvalue weighted by atomic mass is 35.5. The molecule has 0 heterocycles. The lowest BCUT2D eigenvalue weighted by molar-refractivity contribution is 0.790. The maximum absolute atomic E-state index is 6.11. The number of para-hydroxylation sites is 1. The molecule has 0 radical (unpaired) electrons. The highest BCUT2D eigenvalue weighted by molar-refractivity contribution is 6.33. The molecular formula is C14H14Cl2N2. The fourth-order valence-corrected chi connectivity index (χ4v) is 2.06. The maximum Gasteiger partial charge on any atom is 0.0637 e. The van der Waals surface area contributed by atoms with Crippen LogP contribution in [0.25, 0.3) is 0 Å². The van der Waals surface area contributed by atoms with Gasteiger partial charge in [0.25, 0.3) is 0 Å². The van der Waals surface area contributed by atoms with Crippen molar-refractivity contribution in [3.05, 3.63) is 64.1 Å². The Morgan fingerprint density at radius 1 is 1.00 bits per heavy atom. The SMILES string of the molecule is NCC(Nc1ccccc1Cl)c1ccc(Cl)cc1. The van der Waals surface area contributed by atoms with Crippen molar-refractivity contribution in [1.82, 2.24) is 0 Å². The van der Waals surface area contributed by atoms with Gasteiger partial charge in [-0.15, -0.1) is 0 Å². The van der Waals surface area contributed by atoms with E-state index in [1.54, 1.807) is 0 Å². The molecule has 0 spiro atoms. The normalized spacial score (nSPS) is 12.2. The second kappa shape index (κ2) is 6.10. The first-order valence-corrected chi connectivity index (χ1v) is 6.43. The van der Waals surface area contributed by atoms with Gasteiger partial charge >= 0.3 is 0 Å². The maximum atomic E-state index is 6.11. The van der Waals surface area contributed by atoms with Crippen LogP contribution in [0.3, 0.4) is 0 Å². The first-order valence-electron chi connectivity index (χ1n) is 5.67. The Kier molecular flexibility index (Phi) is 4.48. The third-order valence-corrected chi connectivity index (χ3v) is 3.29. The monoisotopic (exact) mass is 280 g/mol. The van der Waals surface area contributed by atoms with Gasteiger partial charge in [0.1, 0.15) is 0 Å². The van der Waals surface area contributed by atoms with E-state index in [2.05, 4.69) is 5.32 Å². The average Bonchev–Trinajstić information content (AvgIpc) is 2.39. The van der Waals surface area contributed by atoms with Gasteiger partial charge in [-0.2, -0.15) is 0 Å². The minimum atomic E-state index is 0.0159. The van der Waals surface area contributed by atoms with E-state index in [1.807, 2.05) is 48.5 Å². The van der Waals surface area contributed by atoms with Crippen LogP contribution in [0.1, 0.15) is 11.6 Å². The van der Waals surface area contributed by atoms with Gasteiger partial charge in [-0.1, -0.05) is 47.5 Å². The zero-order chi connectivity index (χ0) is 13.0. The smallest absolute Gasteiger partial charge is 0.0637 e. The van der Waals surface area contributed by atoms with Crippen LogP contribution >= 0.6 is 23.2 Å². The standard InChI is InChI=1S/C14H14Cl2N2/c15-11-7-5-10(6-8-11)14(9-17)18-13-4-2-1-3-12(13)16/h1-8,14,18H,9,17H2. The van der Waals surface area contributed by atoms with Crippen LogP contribution < -0.4 is 11.1 Å². The third-order valence-electron chi connectivity index (χ3n) is 2.71. The largest absolute Gasteiger partial charge is 0.376 e. The molecule has 2 nitrogen and oxygen atoms in total. The summed E-state index contributed by atoms with van der Waals surface area (Å²) in [7, 11) is 0. The van der Waals surface area contributed by atoms with Crippen LogP contribution in [0.2, 0.25) is 10.0 Å². The van der Waals surface area contributed by atoms with Crippen molar-refractivity contribution in [2.75, 3.05) is 11.9 Å². The van der Waals surface area contributed by atoms with Gasteiger partial charge in [0.15, 0.2) is 0 Å². The molecule has 0 bridgehead atoms. The molecule has 94 valence electrons. The van der Waals surface area contributed by atoms with Crippen LogP contribution in [-0.4, -0.2) is 6.54 Å². The topological polar surface area (TPSA) is 38.0 Å². The Bertz CT molecular complexity index is 511. The molecule has 0 aliphatic heterocycles. The number of benzene rings is 2. The minimum absolute atomic E-state index is 0.0159. The predicted molar refractivity (Wildman–Crippen MR) is 78.3 cm³/mol. The summed E-state index contributed by atoms with van der Waals surface area (Å²) in [6.07, 6.45) is 0. The summed E-state index contributed by atoms with van der Waals surface area (Å²) in [6, 6.07) is 15.3. The van der Waals surface area contributed by atoms with Crippen LogP contribution in [-0.2, 0) is 0 Å². The van der Waals surface area contributed by atoms with Gasteiger partial charge in [-0.25, -0.2) is 0 Å². The summed E-state index contributed by atoms with van der Waals surface area (Å²) in [5.41, 5.74) is 7.77. The van der Waals surface area contributed by atoms with Gasteiger partial charge in [-0.05, 0) is 29.8 Å². The molecule has 0 amide bonds. The van der Waals surface area contributed by atoms with Crippen molar-refractivity contribution in [2.24, 2.45) is 5.73 Å². The molecular weight excluding hydrogens is 267 g/mol. The first-order chi connectivity index (χ1) is 8.70. The zero-order valence-corrected chi connectivity index (χ0v) is 11.2. The molecule has 1 unspecified atom stereocenters. The Morgan fingerprint density at radius 3 is 2.28 bits per heavy atom. The van der Waals surface area contributed by atoms with E-state index in [0.717, 1.165) is 11.3 Å². The van der Waals surface area contributed by atoms with E-state index in [1.165, 1.54) is 0 Å². The molecule has 0 aliphatic carbocycles. The molecule has 0 saturated heterocycles. The number of hydrogen-bond donors (Lipinski definition) is 2. The van der Waals surface area contributed by atoms with Crippen LogP contribution in [0, 0.1) is 0 Å². The molecule has 1 atom stereocenters. The summed E-state index contributed by atoms with van der Waals surface area (Å²) >= 11 is 12.0. The number of anilines is 1. The van der Waals surface area contributed by atoms with E-state index in [0.29, 0.717) is 16.6 Å².